The lowest BCUT2D eigenvalue weighted by Gasteiger charge is -2.35. The summed E-state index contributed by atoms with van der Waals surface area (Å²) in [6.45, 7) is 11.7. The lowest BCUT2D eigenvalue weighted by molar-refractivity contribution is -0.0586. The molecule has 1 aromatic carbocycles. The predicted molar refractivity (Wildman–Crippen MR) is 128 cm³/mol. The highest BCUT2D eigenvalue weighted by Crippen LogP contribution is 2.17. The second kappa shape index (κ2) is 11.3. The van der Waals surface area contributed by atoms with Gasteiger partial charge in [-0.15, -0.1) is 11.3 Å². The van der Waals surface area contributed by atoms with Crippen LogP contribution in [-0.4, -0.2) is 48.6 Å². The van der Waals surface area contributed by atoms with Crippen molar-refractivity contribution in [2.75, 3.05) is 19.6 Å². The number of benzene rings is 1. The van der Waals surface area contributed by atoms with Gasteiger partial charge < -0.3 is 20.3 Å². The molecule has 1 aliphatic rings. The van der Waals surface area contributed by atoms with Crippen LogP contribution >= 0.6 is 11.3 Å². The van der Waals surface area contributed by atoms with Crippen LogP contribution in [0.2, 0.25) is 0 Å². The molecule has 2 atom stereocenters. The number of hydrogen-bond acceptors (Lipinski definition) is 4. The van der Waals surface area contributed by atoms with E-state index in [0.29, 0.717) is 25.2 Å². The van der Waals surface area contributed by atoms with Crippen molar-refractivity contribution in [2.45, 2.75) is 59.4 Å². The van der Waals surface area contributed by atoms with E-state index in [1.165, 1.54) is 9.75 Å². The van der Waals surface area contributed by atoms with Gasteiger partial charge in [0.05, 0.1) is 25.3 Å². The highest BCUT2D eigenvalue weighted by atomic mass is 32.1. The first-order chi connectivity index (χ1) is 15.0. The van der Waals surface area contributed by atoms with Crippen LogP contribution in [0, 0.1) is 0 Å². The molecule has 6 nitrogen and oxygen atoms in total. The SMILES string of the molecule is CCNC(=NCc1ccc(C(=O)N2CC(C)OC(C)C2)cc1)NCc1ccc(CC)s1. The van der Waals surface area contributed by atoms with Crippen LogP contribution in [0.5, 0.6) is 0 Å². The van der Waals surface area contributed by atoms with E-state index < -0.39 is 0 Å². The van der Waals surface area contributed by atoms with E-state index >= 15 is 0 Å². The molecule has 2 N–H and O–H groups in total. The molecule has 0 bridgehead atoms. The maximum atomic E-state index is 12.8. The third-order valence-electron chi connectivity index (χ3n) is 5.17. The quantitative estimate of drug-likeness (QED) is 0.505. The summed E-state index contributed by atoms with van der Waals surface area (Å²) in [4.78, 5) is 22.1. The Labute approximate surface area is 189 Å². The summed E-state index contributed by atoms with van der Waals surface area (Å²) in [6.07, 6.45) is 1.21. The lowest BCUT2D eigenvalue weighted by Crippen LogP contribution is -2.48. The summed E-state index contributed by atoms with van der Waals surface area (Å²) < 4.78 is 5.73. The molecule has 0 spiro atoms. The molecule has 0 radical (unpaired) electrons. The van der Waals surface area contributed by atoms with Crippen molar-refractivity contribution in [3.8, 4) is 0 Å². The Hall–Kier alpha value is -2.38. The fourth-order valence-corrected chi connectivity index (χ4v) is 4.57. The number of thiophene rings is 1. The fraction of sp³-hybridized carbons (Fsp3) is 0.500. The van der Waals surface area contributed by atoms with E-state index in [1.807, 2.05) is 54.3 Å². The van der Waals surface area contributed by atoms with Crippen LogP contribution in [0.3, 0.4) is 0 Å². The van der Waals surface area contributed by atoms with Crippen molar-refractivity contribution in [2.24, 2.45) is 4.99 Å². The largest absolute Gasteiger partial charge is 0.372 e. The lowest BCUT2D eigenvalue weighted by atomic mass is 10.1. The summed E-state index contributed by atoms with van der Waals surface area (Å²) >= 11 is 1.83. The number of carbonyl (C=O) groups is 1. The molecule has 0 saturated carbocycles. The smallest absolute Gasteiger partial charge is 0.254 e. The standard InChI is InChI=1S/C24H34N4O2S/c1-5-21-11-12-22(31-21)14-27-24(25-6-2)26-13-19-7-9-20(10-8-19)23(29)28-15-17(3)30-18(4)16-28/h7-12,17-18H,5-6,13-16H2,1-4H3,(H2,25,26,27). The van der Waals surface area contributed by atoms with Crippen molar-refractivity contribution < 1.29 is 9.53 Å². The number of aryl methyl sites for hydroxylation is 1. The molecule has 1 saturated heterocycles. The van der Waals surface area contributed by atoms with Gasteiger partial charge in [-0.3, -0.25) is 4.79 Å². The van der Waals surface area contributed by atoms with Crippen molar-refractivity contribution >= 4 is 23.2 Å². The van der Waals surface area contributed by atoms with Crippen LogP contribution in [0.1, 0.15) is 53.4 Å². The van der Waals surface area contributed by atoms with Crippen LogP contribution in [0.15, 0.2) is 41.4 Å². The van der Waals surface area contributed by atoms with Gasteiger partial charge in [0.15, 0.2) is 5.96 Å². The summed E-state index contributed by atoms with van der Waals surface area (Å²) in [5.41, 5.74) is 1.78. The average molecular weight is 443 g/mol. The summed E-state index contributed by atoms with van der Waals surface area (Å²) in [5.74, 6) is 0.861. The first-order valence-corrected chi connectivity index (χ1v) is 11.9. The highest BCUT2D eigenvalue weighted by Gasteiger charge is 2.26. The van der Waals surface area contributed by atoms with Gasteiger partial charge in [0.2, 0.25) is 0 Å². The zero-order chi connectivity index (χ0) is 22.2. The zero-order valence-corrected chi connectivity index (χ0v) is 19.8. The maximum Gasteiger partial charge on any atom is 0.254 e. The van der Waals surface area contributed by atoms with E-state index in [0.717, 1.165) is 31.0 Å². The molecule has 1 fully saturated rings. The predicted octanol–water partition coefficient (Wildman–Crippen LogP) is 3.82. The second-order valence-electron chi connectivity index (χ2n) is 7.93. The van der Waals surface area contributed by atoms with Gasteiger partial charge in [-0.1, -0.05) is 19.1 Å². The van der Waals surface area contributed by atoms with Gasteiger partial charge in [0.1, 0.15) is 0 Å². The van der Waals surface area contributed by atoms with Crippen molar-refractivity contribution in [3.63, 3.8) is 0 Å². The molecule has 1 aliphatic heterocycles. The number of carbonyl (C=O) groups excluding carboxylic acids is 1. The van der Waals surface area contributed by atoms with Crippen LogP contribution in [-0.2, 0) is 24.2 Å². The fourth-order valence-electron chi connectivity index (χ4n) is 3.67. The molecule has 1 amide bonds. The second-order valence-corrected chi connectivity index (χ2v) is 9.19. The maximum absolute atomic E-state index is 12.8. The molecule has 7 heteroatoms. The molecule has 0 aliphatic carbocycles. The Balaban J connectivity index is 1.57. The van der Waals surface area contributed by atoms with Crippen molar-refractivity contribution in [1.82, 2.24) is 15.5 Å². The third kappa shape index (κ3) is 6.80. The zero-order valence-electron chi connectivity index (χ0n) is 19.0. The Kier molecular flexibility index (Phi) is 8.49. The number of guanidine groups is 1. The topological polar surface area (TPSA) is 66.0 Å². The Bertz CT molecular complexity index is 868. The molecular formula is C24H34N4O2S. The minimum absolute atomic E-state index is 0.0643. The molecular weight excluding hydrogens is 408 g/mol. The Morgan fingerprint density at radius 3 is 2.35 bits per heavy atom. The summed E-state index contributed by atoms with van der Waals surface area (Å²) in [6, 6.07) is 12.1. The first kappa shape index (κ1) is 23.3. The van der Waals surface area contributed by atoms with Crippen molar-refractivity contribution in [1.29, 1.82) is 0 Å². The van der Waals surface area contributed by atoms with E-state index in [4.69, 9.17) is 9.73 Å². The van der Waals surface area contributed by atoms with Crippen LogP contribution in [0.25, 0.3) is 0 Å². The minimum atomic E-state index is 0.0643. The van der Waals surface area contributed by atoms with E-state index in [2.05, 4.69) is 36.6 Å². The number of hydrogen-bond donors (Lipinski definition) is 2. The molecule has 2 unspecified atom stereocenters. The molecule has 1 aromatic heterocycles. The molecule has 31 heavy (non-hydrogen) atoms. The van der Waals surface area contributed by atoms with Gasteiger partial charge in [-0.25, -0.2) is 4.99 Å². The number of ether oxygens (including phenoxy) is 1. The number of nitrogens with zero attached hydrogens (tertiary/aromatic N) is 2. The van der Waals surface area contributed by atoms with Crippen molar-refractivity contribution in [3.05, 3.63) is 57.3 Å². The van der Waals surface area contributed by atoms with Gasteiger partial charge in [-0.2, -0.15) is 0 Å². The van der Waals surface area contributed by atoms with Gasteiger partial charge in [-0.05, 0) is 57.0 Å². The van der Waals surface area contributed by atoms with Gasteiger partial charge >= 0.3 is 0 Å². The van der Waals surface area contributed by atoms with E-state index in [-0.39, 0.29) is 18.1 Å². The first-order valence-electron chi connectivity index (χ1n) is 11.1. The van der Waals surface area contributed by atoms with E-state index in [1.54, 1.807) is 0 Å². The Morgan fingerprint density at radius 1 is 1.06 bits per heavy atom. The number of rotatable bonds is 7. The van der Waals surface area contributed by atoms with Crippen LogP contribution < -0.4 is 10.6 Å². The molecule has 3 rings (SSSR count). The highest BCUT2D eigenvalue weighted by molar-refractivity contribution is 7.11. The van der Waals surface area contributed by atoms with E-state index in [9.17, 15) is 4.79 Å². The number of nitrogens with one attached hydrogen (secondary N) is 2. The molecule has 2 heterocycles. The van der Waals surface area contributed by atoms with Gasteiger partial charge in [0.25, 0.3) is 5.91 Å². The normalized spacial score (nSPS) is 19.4. The summed E-state index contributed by atoms with van der Waals surface area (Å²) in [5, 5.41) is 6.70. The Morgan fingerprint density at radius 2 is 1.74 bits per heavy atom. The number of morpholine rings is 1. The monoisotopic (exact) mass is 442 g/mol. The molecule has 2 aromatic rings. The summed E-state index contributed by atoms with van der Waals surface area (Å²) in [7, 11) is 0. The van der Waals surface area contributed by atoms with Crippen LogP contribution in [0.4, 0.5) is 0 Å². The van der Waals surface area contributed by atoms with Gasteiger partial charge in [0, 0.05) is 35.0 Å². The number of amides is 1. The minimum Gasteiger partial charge on any atom is -0.372 e. The average Bonchev–Trinajstić information content (AvgIpc) is 3.23. The third-order valence-corrected chi connectivity index (χ3v) is 6.40. The number of aliphatic imine (C=N–C) groups is 1. The molecule has 168 valence electrons.